The van der Waals surface area contributed by atoms with Crippen LogP contribution in [0.25, 0.3) is 0 Å². The van der Waals surface area contributed by atoms with Gasteiger partial charge in [-0.05, 0) is 62.2 Å². The fraction of sp³-hybridized carbons (Fsp3) is 0.500. The molecular formula is C44H61N6O8S2+. The second-order valence-electron chi connectivity index (χ2n) is 15.7. The van der Waals surface area contributed by atoms with Crippen molar-refractivity contribution in [2.45, 2.75) is 109 Å². The number of carbonyl (C=O) groups excluding carboxylic acids is 2. The number of para-hydroxylation sites is 1. The minimum Gasteiger partial charge on any atom is -0.495 e. The summed E-state index contributed by atoms with van der Waals surface area (Å²) in [5, 5.41) is 2.79. The van der Waals surface area contributed by atoms with Crippen molar-refractivity contribution in [3.05, 3.63) is 71.8 Å². The molecule has 60 heavy (non-hydrogen) atoms. The first-order valence-electron chi connectivity index (χ1n) is 21.0. The summed E-state index contributed by atoms with van der Waals surface area (Å²) in [6.07, 6.45) is 15.2. The molecule has 3 aromatic rings. The van der Waals surface area contributed by atoms with Gasteiger partial charge in [-0.1, -0.05) is 89.7 Å². The molecule has 1 saturated heterocycles. The maximum atomic E-state index is 14.4. The number of methoxy groups -OCH3 is 1. The van der Waals surface area contributed by atoms with Gasteiger partial charge in [-0.25, -0.2) is 18.2 Å². The van der Waals surface area contributed by atoms with Gasteiger partial charge in [0.2, 0.25) is 16.2 Å². The second-order valence-corrected chi connectivity index (χ2v) is 19.0. The van der Waals surface area contributed by atoms with Gasteiger partial charge in [-0.3, -0.25) is 9.28 Å². The third kappa shape index (κ3) is 11.8. The van der Waals surface area contributed by atoms with Crippen LogP contribution in [-0.2, 0) is 29.6 Å². The van der Waals surface area contributed by atoms with Crippen LogP contribution < -0.4 is 24.2 Å². The van der Waals surface area contributed by atoms with Gasteiger partial charge in [0.05, 0.1) is 49.1 Å². The molecule has 0 aliphatic carbocycles. The molecule has 0 bridgehead atoms. The van der Waals surface area contributed by atoms with Gasteiger partial charge in [0.1, 0.15) is 16.3 Å². The molecule has 2 aliphatic rings. The zero-order chi connectivity index (χ0) is 43.5. The molecule has 5 rings (SSSR count). The number of carbonyl (C=O) groups is 2. The van der Waals surface area contributed by atoms with E-state index in [9.17, 15) is 26.4 Å². The molecule has 2 atom stereocenters. The van der Waals surface area contributed by atoms with Crippen molar-refractivity contribution in [3.63, 3.8) is 0 Å². The number of rotatable bonds is 23. The fourth-order valence-corrected chi connectivity index (χ4v) is 9.65. The lowest BCUT2D eigenvalue weighted by molar-refractivity contribution is -0.110. The van der Waals surface area contributed by atoms with Crippen LogP contribution in [-0.4, -0.2) is 86.5 Å². The molecule has 0 radical (unpaired) electrons. The van der Waals surface area contributed by atoms with E-state index in [1.54, 1.807) is 50.4 Å². The first-order valence-corrected chi connectivity index (χ1v) is 24.4. The van der Waals surface area contributed by atoms with Gasteiger partial charge in [-0.15, -0.1) is 4.40 Å². The number of fused-ring (bicyclic) bond motifs is 1. The van der Waals surface area contributed by atoms with Crippen molar-refractivity contribution < 1.29 is 35.9 Å². The normalized spacial score (nSPS) is 18.4. The number of ether oxygens (including phenoxy) is 2. The molecule has 3 aromatic carbocycles. The molecule has 14 nitrogen and oxygen atoms in total. The van der Waals surface area contributed by atoms with E-state index >= 15 is 0 Å². The number of benzene rings is 3. The molecule has 1 fully saturated rings. The van der Waals surface area contributed by atoms with Crippen LogP contribution >= 0.6 is 0 Å². The molecule has 2 unspecified atom stereocenters. The predicted molar refractivity (Wildman–Crippen MR) is 240 cm³/mol. The number of amides is 1. The van der Waals surface area contributed by atoms with Crippen LogP contribution in [0.1, 0.15) is 107 Å². The van der Waals surface area contributed by atoms with Crippen molar-refractivity contribution in [1.82, 2.24) is 9.21 Å². The number of nitrogens with one attached hydrogen (secondary N) is 2. The number of aryl methyl sites for hydroxylation is 1. The highest BCUT2D eigenvalue weighted by molar-refractivity contribution is 7.90. The van der Waals surface area contributed by atoms with Gasteiger partial charge >= 0.3 is 5.97 Å². The highest BCUT2D eigenvalue weighted by Crippen LogP contribution is 2.40. The molecule has 0 saturated carbocycles. The summed E-state index contributed by atoms with van der Waals surface area (Å²) in [7, 11) is -4.63. The maximum absolute atomic E-state index is 14.4. The summed E-state index contributed by atoms with van der Waals surface area (Å²) >= 11 is 0. The highest BCUT2D eigenvalue weighted by atomic mass is 32.2. The SMILES string of the molecule is CCCCCCCCCCCCCCOC(=O)c1ccc(OC)c(NC(=O)C(=Nc2ccc([N+]3(CC)CC3NS(C)(=O)=O)cc2C)C2=NS(=O)(=O)c3ccccc3N2C)c1. The molecule has 16 heteroatoms. The third-order valence-corrected chi connectivity index (χ3v) is 13.2. The number of sulfonamides is 2. The Morgan fingerprint density at radius 1 is 0.917 bits per heavy atom. The lowest BCUT2D eigenvalue weighted by atomic mass is 10.1. The van der Waals surface area contributed by atoms with Gasteiger partial charge in [0.25, 0.3) is 15.9 Å². The largest absolute Gasteiger partial charge is 0.495 e. The van der Waals surface area contributed by atoms with Crippen LogP contribution in [0.4, 0.5) is 22.7 Å². The Morgan fingerprint density at radius 2 is 1.57 bits per heavy atom. The van der Waals surface area contributed by atoms with Crippen molar-refractivity contribution in [2.75, 3.05) is 50.3 Å². The monoisotopic (exact) mass is 865 g/mol. The lowest BCUT2D eigenvalue weighted by Gasteiger charge is -2.27. The molecule has 0 aromatic heterocycles. The standard InChI is InChI=1S/C44H60N6O8S2/c1-7-9-10-11-12-13-14-15-16-17-18-21-28-58-44(52)33-24-27-38(57-5)36(30-33)46-43(51)41(42-48-60(55,56)39-23-20-19-22-37(39)49(42)4)45-35-26-25-34(29-32(35)3)50(8-2)31-40(50)47-59(6,53)54/h19-20,22-27,29-30,40,47H,7-18,21,28,31H2,1-6H3/p+1. The summed E-state index contributed by atoms with van der Waals surface area (Å²) < 4.78 is 69.3. The molecular weight excluding hydrogens is 805 g/mol. The van der Waals surface area contributed by atoms with Crippen LogP contribution in [0, 0.1) is 6.92 Å². The lowest BCUT2D eigenvalue weighted by Crippen LogP contribution is -2.43. The molecule has 2 aliphatic heterocycles. The number of quaternary nitrogens is 1. The first kappa shape index (κ1) is 46.4. The maximum Gasteiger partial charge on any atom is 0.338 e. The number of esters is 1. The average Bonchev–Trinajstić information content (AvgIpc) is 3.92. The van der Waals surface area contributed by atoms with Crippen LogP contribution in [0.3, 0.4) is 0 Å². The summed E-state index contributed by atoms with van der Waals surface area (Å²) in [6.45, 7) is 7.50. The summed E-state index contributed by atoms with van der Waals surface area (Å²) in [5.41, 5.74) is 2.22. The zero-order valence-electron chi connectivity index (χ0n) is 35.8. The Bertz CT molecular complexity index is 2300. The topological polar surface area (TPSA) is 173 Å². The predicted octanol–water partition coefficient (Wildman–Crippen LogP) is 8.03. The Labute approximate surface area is 356 Å². The first-order chi connectivity index (χ1) is 28.6. The fourth-order valence-electron chi connectivity index (χ4n) is 7.63. The number of nitrogens with zero attached hydrogens (tertiary/aromatic N) is 4. The Morgan fingerprint density at radius 3 is 2.18 bits per heavy atom. The van der Waals surface area contributed by atoms with E-state index in [-0.39, 0.29) is 46.2 Å². The second kappa shape index (κ2) is 20.8. The number of unbranched alkanes of at least 4 members (excludes halogenated alkanes) is 11. The Kier molecular flexibility index (Phi) is 16.1. The van der Waals surface area contributed by atoms with Crippen LogP contribution in [0.15, 0.2) is 74.9 Å². The summed E-state index contributed by atoms with van der Waals surface area (Å²) in [4.78, 5) is 33.8. The number of hydrogen-bond acceptors (Lipinski definition) is 10. The number of hydrogen-bond donors (Lipinski definition) is 2. The quantitative estimate of drug-likeness (QED) is 0.0315. The number of amidine groups is 1. The molecule has 326 valence electrons. The molecule has 2 heterocycles. The van der Waals surface area contributed by atoms with Crippen molar-refractivity contribution in [2.24, 2.45) is 9.39 Å². The van der Waals surface area contributed by atoms with E-state index in [2.05, 4.69) is 21.4 Å². The van der Waals surface area contributed by atoms with Crippen LogP contribution in [0.2, 0.25) is 0 Å². The number of anilines is 2. The zero-order valence-corrected chi connectivity index (χ0v) is 37.5. The molecule has 0 spiro atoms. The molecule has 1 amide bonds. The van der Waals surface area contributed by atoms with Gasteiger partial charge in [0.15, 0.2) is 18.1 Å². The van der Waals surface area contributed by atoms with Gasteiger partial charge in [0, 0.05) is 19.2 Å². The smallest absolute Gasteiger partial charge is 0.338 e. The average molecular weight is 866 g/mol. The summed E-state index contributed by atoms with van der Waals surface area (Å²) in [6, 6.07) is 16.3. The minimum absolute atomic E-state index is 0.0164. The van der Waals surface area contributed by atoms with E-state index < -0.39 is 31.9 Å². The third-order valence-electron chi connectivity index (χ3n) is 11.2. The van der Waals surface area contributed by atoms with E-state index in [1.807, 2.05) is 19.1 Å². The Balaban J connectivity index is 1.33. The van der Waals surface area contributed by atoms with Gasteiger partial charge < -0.3 is 19.7 Å². The van der Waals surface area contributed by atoms with E-state index in [0.29, 0.717) is 34.5 Å². The van der Waals surface area contributed by atoms with Crippen molar-refractivity contribution >= 4 is 66.2 Å². The van der Waals surface area contributed by atoms with Gasteiger partial charge in [-0.2, -0.15) is 13.1 Å². The van der Waals surface area contributed by atoms with Crippen molar-refractivity contribution in [1.29, 1.82) is 0 Å². The van der Waals surface area contributed by atoms with E-state index in [1.165, 1.54) is 81.9 Å². The number of likely N-dealkylation sites (N-methyl/N-ethyl adjacent to an activating group) is 1. The Hall–Kier alpha value is -4.64. The highest BCUT2D eigenvalue weighted by Gasteiger charge is 2.57. The van der Waals surface area contributed by atoms with Crippen LogP contribution in [0.5, 0.6) is 5.75 Å². The molecule has 2 N–H and O–H groups in total. The summed E-state index contributed by atoms with van der Waals surface area (Å²) in [5.74, 6) is -1.32. The minimum atomic E-state index is -4.23. The van der Waals surface area contributed by atoms with Crippen molar-refractivity contribution in [3.8, 4) is 5.75 Å². The van der Waals surface area contributed by atoms with E-state index in [0.717, 1.165) is 31.2 Å². The number of aliphatic imine (C=N–C) groups is 1. The van der Waals surface area contributed by atoms with E-state index in [4.69, 9.17) is 14.5 Å².